The highest BCUT2D eigenvalue weighted by molar-refractivity contribution is 5.81. The lowest BCUT2D eigenvalue weighted by Gasteiger charge is -2.22. The third-order valence-corrected chi connectivity index (χ3v) is 3.03. The quantitative estimate of drug-likeness (QED) is 0.601. The van der Waals surface area contributed by atoms with Gasteiger partial charge in [-0.3, -0.25) is 0 Å². The summed E-state index contributed by atoms with van der Waals surface area (Å²) in [6, 6.07) is 0. The number of fused-ring (bicyclic) bond motifs is 1. The minimum Gasteiger partial charge on any atom is -0.463 e. The Bertz CT molecular complexity index is 364. The molecule has 2 aliphatic heterocycles. The monoisotopic (exact) mass is 272 g/mol. The van der Waals surface area contributed by atoms with E-state index in [0.717, 1.165) is 0 Å². The summed E-state index contributed by atoms with van der Waals surface area (Å²) in [5.74, 6) is -1.11. The van der Waals surface area contributed by atoms with Crippen LogP contribution in [0.4, 0.5) is 0 Å². The van der Waals surface area contributed by atoms with Crippen LogP contribution in [0.3, 0.4) is 0 Å². The van der Waals surface area contributed by atoms with Crippen molar-refractivity contribution in [2.45, 2.75) is 57.6 Å². The van der Waals surface area contributed by atoms with E-state index < -0.39 is 18.2 Å². The number of hydrogen-bond donors (Lipinski definition) is 1. The van der Waals surface area contributed by atoms with E-state index in [0.29, 0.717) is 13.0 Å². The number of aliphatic hydroxyl groups excluding tert-OH is 1. The van der Waals surface area contributed by atoms with Gasteiger partial charge in [-0.15, -0.1) is 0 Å². The van der Waals surface area contributed by atoms with Gasteiger partial charge in [0.15, 0.2) is 12.1 Å². The number of carbonyl (C=O) groups excluding carboxylic acids is 1. The molecule has 6 nitrogen and oxygen atoms in total. The third kappa shape index (κ3) is 3.33. The minimum absolute atomic E-state index is 0.322. The number of rotatable bonds is 4. The molecule has 0 spiro atoms. The highest BCUT2D eigenvalue weighted by Crippen LogP contribution is 2.38. The summed E-state index contributed by atoms with van der Waals surface area (Å²) in [4.78, 5) is 11.2. The first-order valence-corrected chi connectivity index (χ1v) is 6.45. The summed E-state index contributed by atoms with van der Waals surface area (Å²) in [5.41, 5.74) is 0. The van der Waals surface area contributed by atoms with Gasteiger partial charge >= 0.3 is 5.97 Å². The molecule has 108 valence electrons. The number of aliphatic hydroxyl groups is 1. The molecule has 0 aromatic carbocycles. The van der Waals surface area contributed by atoms with Crippen LogP contribution < -0.4 is 0 Å². The van der Waals surface area contributed by atoms with E-state index >= 15 is 0 Å². The molecule has 1 N–H and O–H groups in total. The Hall–Kier alpha value is -0.950. The van der Waals surface area contributed by atoms with Crippen LogP contribution >= 0.6 is 0 Å². The van der Waals surface area contributed by atoms with Crippen LogP contribution in [0.15, 0.2) is 12.2 Å². The first kappa shape index (κ1) is 14.5. The fraction of sp³-hybridized carbons (Fsp3) is 0.769. The van der Waals surface area contributed by atoms with Crippen LogP contribution in [0.1, 0.15) is 27.2 Å². The summed E-state index contributed by atoms with van der Waals surface area (Å²) in [7, 11) is 0. The van der Waals surface area contributed by atoms with Crippen molar-refractivity contribution >= 4 is 5.97 Å². The molecule has 0 saturated carbocycles. The fourth-order valence-electron chi connectivity index (χ4n) is 2.34. The van der Waals surface area contributed by atoms with E-state index in [-0.39, 0.29) is 18.2 Å². The zero-order chi connectivity index (χ0) is 14.0. The standard InChI is InChI=1S/C13H20O6/c1-4-16-9(14)7-5-6-8-10-11(12(15)17-8)19-13(2,3)18-10/h5,7-8,10-12,15H,4,6H2,1-3H3/b7-5+/t8-,10-,11-,12?/m1/s1. The van der Waals surface area contributed by atoms with Crippen molar-refractivity contribution in [1.82, 2.24) is 0 Å². The Morgan fingerprint density at radius 3 is 2.74 bits per heavy atom. The Labute approximate surface area is 112 Å². The summed E-state index contributed by atoms with van der Waals surface area (Å²) in [6.45, 7) is 5.68. The number of hydrogen-bond acceptors (Lipinski definition) is 6. The maximum Gasteiger partial charge on any atom is 0.330 e. The Morgan fingerprint density at radius 2 is 2.05 bits per heavy atom. The summed E-state index contributed by atoms with van der Waals surface area (Å²) in [6.07, 6.45) is 1.35. The molecule has 2 rings (SSSR count). The highest BCUT2D eigenvalue weighted by atomic mass is 16.8. The molecular weight excluding hydrogens is 252 g/mol. The van der Waals surface area contributed by atoms with Gasteiger partial charge in [-0.25, -0.2) is 4.79 Å². The Kier molecular flexibility index (Phi) is 4.25. The van der Waals surface area contributed by atoms with E-state index in [1.807, 2.05) is 0 Å². The fourth-order valence-corrected chi connectivity index (χ4v) is 2.34. The maximum absolute atomic E-state index is 11.2. The second-order valence-electron chi connectivity index (χ2n) is 5.02. The van der Waals surface area contributed by atoms with Gasteiger partial charge in [-0.05, 0) is 27.2 Å². The molecule has 2 aliphatic rings. The Morgan fingerprint density at radius 1 is 1.37 bits per heavy atom. The smallest absolute Gasteiger partial charge is 0.330 e. The largest absolute Gasteiger partial charge is 0.463 e. The van der Waals surface area contributed by atoms with Gasteiger partial charge in [-0.2, -0.15) is 0 Å². The van der Waals surface area contributed by atoms with Crippen molar-refractivity contribution in [1.29, 1.82) is 0 Å². The van der Waals surface area contributed by atoms with Gasteiger partial charge in [0.1, 0.15) is 12.2 Å². The molecule has 2 fully saturated rings. The predicted molar refractivity (Wildman–Crippen MR) is 65.1 cm³/mol. The second kappa shape index (κ2) is 5.58. The molecule has 2 heterocycles. The summed E-state index contributed by atoms with van der Waals surface area (Å²) < 4.78 is 21.4. The van der Waals surface area contributed by atoms with Crippen LogP contribution in [0.5, 0.6) is 0 Å². The topological polar surface area (TPSA) is 74.2 Å². The molecule has 0 aromatic rings. The zero-order valence-corrected chi connectivity index (χ0v) is 11.4. The third-order valence-electron chi connectivity index (χ3n) is 3.03. The first-order chi connectivity index (χ1) is 8.93. The molecule has 6 heteroatoms. The Balaban J connectivity index is 1.90. The molecule has 0 bridgehead atoms. The summed E-state index contributed by atoms with van der Waals surface area (Å²) >= 11 is 0. The highest BCUT2D eigenvalue weighted by Gasteiger charge is 2.54. The average molecular weight is 272 g/mol. The average Bonchev–Trinajstić information content (AvgIpc) is 2.76. The lowest BCUT2D eigenvalue weighted by molar-refractivity contribution is -0.219. The van der Waals surface area contributed by atoms with Crippen LogP contribution in [-0.2, 0) is 23.7 Å². The van der Waals surface area contributed by atoms with Crippen molar-refractivity contribution in [2.24, 2.45) is 0 Å². The summed E-state index contributed by atoms with van der Waals surface area (Å²) in [5, 5.41) is 9.75. The van der Waals surface area contributed by atoms with Crippen molar-refractivity contribution in [3.05, 3.63) is 12.2 Å². The number of carbonyl (C=O) groups is 1. The lowest BCUT2D eigenvalue weighted by atomic mass is 10.1. The zero-order valence-electron chi connectivity index (χ0n) is 11.4. The van der Waals surface area contributed by atoms with Gasteiger partial charge in [0, 0.05) is 6.08 Å². The molecule has 19 heavy (non-hydrogen) atoms. The molecule has 1 unspecified atom stereocenters. The first-order valence-electron chi connectivity index (χ1n) is 6.45. The van der Waals surface area contributed by atoms with Crippen LogP contribution in [0.25, 0.3) is 0 Å². The van der Waals surface area contributed by atoms with Crippen LogP contribution in [0.2, 0.25) is 0 Å². The maximum atomic E-state index is 11.2. The predicted octanol–water partition coefficient (Wildman–Crippen LogP) is 0.733. The minimum atomic E-state index is -0.993. The second-order valence-corrected chi connectivity index (χ2v) is 5.02. The molecule has 2 saturated heterocycles. The number of ether oxygens (including phenoxy) is 4. The molecular formula is C13H20O6. The van der Waals surface area contributed by atoms with Crippen molar-refractivity contribution in [3.63, 3.8) is 0 Å². The van der Waals surface area contributed by atoms with Crippen molar-refractivity contribution in [2.75, 3.05) is 6.61 Å². The van der Waals surface area contributed by atoms with E-state index in [1.165, 1.54) is 6.08 Å². The van der Waals surface area contributed by atoms with Gasteiger partial charge in [0.05, 0.1) is 12.7 Å². The van der Waals surface area contributed by atoms with E-state index in [9.17, 15) is 9.90 Å². The molecule has 0 aliphatic carbocycles. The SMILES string of the molecule is CCOC(=O)/C=C/C[C@H]1OC(O)[C@@H]2OC(C)(C)O[C@H]12. The van der Waals surface area contributed by atoms with Crippen molar-refractivity contribution < 1.29 is 28.8 Å². The molecule has 0 aromatic heterocycles. The molecule has 0 radical (unpaired) electrons. The lowest BCUT2D eigenvalue weighted by Crippen LogP contribution is -2.29. The van der Waals surface area contributed by atoms with E-state index in [4.69, 9.17) is 18.9 Å². The molecule has 0 amide bonds. The number of esters is 1. The van der Waals surface area contributed by atoms with E-state index in [1.54, 1.807) is 26.8 Å². The van der Waals surface area contributed by atoms with Crippen molar-refractivity contribution in [3.8, 4) is 0 Å². The normalized spacial score (nSPS) is 36.6. The van der Waals surface area contributed by atoms with Gasteiger partial charge < -0.3 is 24.1 Å². The van der Waals surface area contributed by atoms with Crippen LogP contribution in [-0.4, -0.2) is 48.1 Å². The van der Waals surface area contributed by atoms with E-state index in [2.05, 4.69) is 0 Å². The molecule has 4 atom stereocenters. The van der Waals surface area contributed by atoms with Gasteiger partial charge in [0.25, 0.3) is 0 Å². The van der Waals surface area contributed by atoms with Crippen LogP contribution in [0, 0.1) is 0 Å². The van der Waals surface area contributed by atoms with Gasteiger partial charge in [0.2, 0.25) is 0 Å². The van der Waals surface area contributed by atoms with Gasteiger partial charge in [-0.1, -0.05) is 6.08 Å².